The quantitative estimate of drug-likeness (QED) is 0.359. The Morgan fingerprint density at radius 3 is 2.11 bits per heavy atom. The monoisotopic (exact) mass is 501 g/mol. The first-order chi connectivity index (χ1) is 17.9. The van der Waals surface area contributed by atoms with Crippen LogP contribution in [-0.2, 0) is 15.1 Å². The molecule has 0 unspecified atom stereocenters. The summed E-state index contributed by atoms with van der Waals surface area (Å²) in [5.41, 5.74) is 1.51. The smallest absolute Gasteiger partial charge is 0.325 e. The maximum absolute atomic E-state index is 13.5. The standard InChI is InChI=1S/C30H32FN3O3/c1-2-3-19-30(24-14-16-25(31)17-15-24)28(36)34(29(37)33-30)21-27(35)32-20-18-26(22-10-6-4-7-11-22)23-12-8-5-9-13-23/h4-17,26H,2-3,18-21H2,1H3,(H,32,35)(H,33,37)/t30-/m0/s1. The number of imide groups is 1. The molecule has 192 valence electrons. The predicted octanol–water partition coefficient (Wildman–Crippen LogP) is 5.10. The van der Waals surface area contributed by atoms with Crippen molar-refractivity contribution in [2.45, 2.75) is 44.1 Å². The topological polar surface area (TPSA) is 78.5 Å². The van der Waals surface area contributed by atoms with Gasteiger partial charge in [0.15, 0.2) is 0 Å². The molecule has 1 heterocycles. The third-order valence-electron chi connectivity index (χ3n) is 6.88. The summed E-state index contributed by atoms with van der Waals surface area (Å²) in [6.45, 7) is 2.00. The highest BCUT2D eigenvalue weighted by Crippen LogP contribution is 2.34. The maximum atomic E-state index is 13.5. The Morgan fingerprint density at radius 1 is 0.946 bits per heavy atom. The van der Waals surface area contributed by atoms with Gasteiger partial charge in [0.05, 0.1) is 0 Å². The van der Waals surface area contributed by atoms with Crippen LogP contribution in [0.2, 0.25) is 0 Å². The number of carbonyl (C=O) groups is 3. The average molecular weight is 502 g/mol. The Labute approximate surface area is 216 Å². The van der Waals surface area contributed by atoms with E-state index >= 15 is 0 Å². The minimum atomic E-state index is -1.30. The number of hydrogen-bond acceptors (Lipinski definition) is 3. The van der Waals surface area contributed by atoms with E-state index in [4.69, 9.17) is 0 Å². The van der Waals surface area contributed by atoms with Crippen molar-refractivity contribution in [2.24, 2.45) is 0 Å². The lowest BCUT2D eigenvalue weighted by Crippen LogP contribution is -2.45. The molecule has 0 spiro atoms. The normalized spacial score (nSPS) is 17.2. The molecule has 7 heteroatoms. The van der Waals surface area contributed by atoms with Crippen LogP contribution in [-0.4, -0.2) is 35.8 Å². The lowest BCUT2D eigenvalue weighted by atomic mass is 9.85. The second kappa shape index (κ2) is 11.8. The predicted molar refractivity (Wildman–Crippen MR) is 140 cm³/mol. The summed E-state index contributed by atoms with van der Waals surface area (Å²) in [4.78, 5) is 40.1. The Hall–Kier alpha value is -4.00. The average Bonchev–Trinajstić information content (AvgIpc) is 3.16. The van der Waals surface area contributed by atoms with Gasteiger partial charge in [-0.1, -0.05) is 92.6 Å². The third kappa shape index (κ3) is 5.88. The minimum Gasteiger partial charge on any atom is -0.355 e. The van der Waals surface area contributed by atoms with Crippen molar-refractivity contribution in [1.29, 1.82) is 0 Å². The van der Waals surface area contributed by atoms with Gasteiger partial charge in [-0.25, -0.2) is 9.18 Å². The fraction of sp³-hybridized carbons (Fsp3) is 0.300. The van der Waals surface area contributed by atoms with Crippen molar-refractivity contribution in [2.75, 3.05) is 13.1 Å². The zero-order chi connectivity index (χ0) is 26.3. The van der Waals surface area contributed by atoms with Crippen LogP contribution in [0.25, 0.3) is 0 Å². The molecule has 4 amide bonds. The van der Waals surface area contributed by atoms with Gasteiger partial charge in [-0.15, -0.1) is 0 Å². The lowest BCUT2D eigenvalue weighted by molar-refractivity contribution is -0.135. The number of halogens is 1. The van der Waals surface area contributed by atoms with Crippen LogP contribution < -0.4 is 10.6 Å². The van der Waals surface area contributed by atoms with Crippen molar-refractivity contribution >= 4 is 17.8 Å². The van der Waals surface area contributed by atoms with Crippen LogP contribution in [0, 0.1) is 5.82 Å². The summed E-state index contributed by atoms with van der Waals surface area (Å²) in [7, 11) is 0. The number of amides is 4. The Balaban J connectivity index is 1.42. The number of urea groups is 1. The number of rotatable bonds is 11. The summed E-state index contributed by atoms with van der Waals surface area (Å²) < 4.78 is 13.5. The minimum absolute atomic E-state index is 0.0968. The molecule has 0 bridgehead atoms. The molecule has 1 atom stereocenters. The van der Waals surface area contributed by atoms with E-state index in [1.165, 1.54) is 24.3 Å². The molecule has 6 nitrogen and oxygen atoms in total. The van der Waals surface area contributed by atoms with Crippen molar-refractivity contribution < 1.29 is 18.8 Å². The number of carbonyl (C=O) groups excluding carboxylic acids is 3. The first-order valence-electron chi connectivity index (χ1n) is 12.7. The molecule has 2 N–H and O–H groups in total. The van der Waals surface area contributed by atoms with Crippen LogP contribution >= 0.6 is 0 Å². The van der Waals surface area contributed by atoms with E-state index in [1.54, 1.807) is 0 Å². The molecule has 37 heavy (non-hydrogen) atoms. The molecule has 0 radical (unpaired) electrons. The zero-order valence-corrected chi connectivity index (χ0v) is 21.0. The molecule has 0 aliphatic carbocycles. The van der Waals surface area contributed by atoms with E-state index < -0.39 is 29.2 Å². The van der Waals surface area contributed by atoms with Gasteiger partial charge in [0.1, 0.15) is 17.9 Å². The second-order valence-electron chi connectivity index (χ2n) is 9.35. The summed E-state index contributed by atoms with van der Waals surface area (Å²) in [6, 6.07) is 25.1. The van der Waals surface area contributed by atoms with Gasteiger partial charge in [0.25, 0.3) is 5.91 Å². The largest absolute Gasteiger partial charge is 0.355 e. The van der Waals surface area contributed by atoms with Crippen LogP contribution in [0.3, 0.4) is 0 Å². The van der Waals surface area contributed by atoms with Crippen LogP contribution in [0.5, 0.6) is 0 Å². The van der Waals surface area contributed by atoms with Crippen LogP contribution in [0.1, 0.15) is 55.2 Å². The first kappa shape index (κ1) is 26.1. The fourth-order valence-electron chi connectivity index (χ4n) is 4.91. The molecular formula is C30H32FN3O3. The molecular weight excluding hydrogens is 469 g/mol. The maximum Gasteiger partial charge on any atom is 0.325 e. The van der Waals surface area contributed by atoms with Gasteiger partial charge in [0.2, 0.25) is 5.91 Å². The SMILES string of the molecule is CCCC[C@@]1(c2ccc(F)cc2)NC(=O)N(CC(=O)NCCC(c2ccccc2)c2ccccc2)C1=O. The molecule has 1 saturated heterocycles. The summed E-state index contributed by atoms with van der Waals surface area (Å²) in [5.74, 6) is -1.22. The molecule has 0 aromatic heterocycles. The van der Waals surface area contributed by atoms with E-state index in [1.807, 2.05) is 43.3 Å². The first-order valence-corrected chi connectivity index (χ1v) is 12.7. The van der Waals surface area contributed by atoms with Crippen molar-refractivity contribution in [3.8, 4) is 0 Å². The number of unbranched alkanes of at least 4 members (excludes halogenated alkanes) is 1. The van der Waals surface area contributed by atoms with Gasteiger partial charge < -0.3 is 10.6 Å². The van der Waals surface area contributed by atoms with Gasteiger partial charge in [-0.3, -0.25) is 14.5 Å². The summed E-state index contributed by atoms with van der Waals surface area (Å²) in [5, 5.41) is 5.67. The van der Waals surface area contributed by atoms with E-state index in [2.05, 4.69) is 34.9 Å². The fourth-order valence-corrected chi connectivity index (χ4v) is 4.91. The molecule has 4 rings (SSSR count). The van der Waals surface area contributed by atoms with Gasteiger partial charge in [0, 0.05) is 12.5 Å². The van der Waals surface area contributed by atoms with Gasteiger partial charge >= 0.3 is 6.03 Å². The van der Waals surface area contributed by atoms with Gasteiger partial charge in [-0.2, -0.15) is 0 Å². The molecule has 3 aromatic rings. The number of nitrogens with one attached hydrogen (secondary N) is 2. The Bertz CT molecular complexity index is 1180. The Kier molecular flexibility index (Phi) is 8.33. The van der Waals surface area contributed by atoms with Crippen molar-refractivity contribution in [3.63, 3.8) is 0 Å². The highest BCUT2D eigenvalue weighted by atomic mass is 19.1. The van der Waals surface area contributed by atoms with E-state index in [0.717, 1.165) is 22.4 Å². The third-order valence-corrected chi connectivity index (χ3v) is 6.88. The second-order valence-corrected chi connectivity index (χ2v) is 9.35. The molecule has 1 fully saturated rings. The highest BCUT2D eigenvalue weighted by molar-refractivity contribution is 6.09. The molecule has 1 aliphatic rings. The van der Waals surface area contributed by atoms with Crippen LogP contribution in [0.15, 0.2) is 84.9 Å². The summed E-state index contributed by atoms with van der Waals surface area (Å²) in [6.07, 6.45) is 2.53. The van der Waals surface area contributed by atoms with E-state index in [9.17, 15) is 18.8 Å². The Morgan fingerprint density at radius 2 is 1.54 bits per heavy atom. The van der Waals surface area contributed by atoms with Crippen molar-refractivity contribution in [1.82, 2.24) is 15.5 Å². The zero-order valence-electron chi connectivity index (χ0n) is 21.0. The number of nitrogens with zero attached hydrogens (tertiary/aromatic N) is 1. The molecule has 1 aliphatic heterocycles. The van der Waals surface area contributed by atoms with Gasteiger partial charge in [-0.05, 0) is 41.7 Å². The number of hydrogen-bond donors (Lipinski definition) is 2. The van der Waals surface area contributed by atoms with Crippen LogP contribution in [0.4, 0.5) is 9.18 Å². The summed E-state index contributed by atoms with van der Waals surface area (Å²) >= 11 is 0. The highest BCUT2D eigenvalue weighted by Gasteiger charge is 2.52. The van der Waals surface area contributed by atoms with E-state index in [0.29, 0.717) is 31.4 Å². The molecule has 3 aromatic carbocycles. The van der Waals surface area contributed by atoms with E-state index in [-0.39, 0.29) is 12.5 Å². The number of benzene rings is 3. The van der Waals surface area contributed by atoms with Crippen molar-refractivity contribution in [3.05, 3.63) is 107 Å². The molecule has 0 saturated carbocycles. The lowest BCUT2D eigenvalue weighted by Gasteiger charge is -2.27.